The average Bonchev–Trinajstić information content (AvgIpc) is 1.91. The van der Waals surface area contributed by atoms with Crippen molar-refractivity contribution in [2.24, 2.45) is 5.92 Å². The Kier molecular flexibility index (Phi) is 7.91. The number of halogens is 3. The molecular formula is C8H17F3. The molecule has 0 heterocycles. The van der Waals surface area contributed by atoms with E-state index in [4.69, 9.17) is 0 Å². The molecule has 0 radical (unpaired) electrons. The molecule has 70 valence electrons. The Morgan fingerprint density at radius 2 is 1.55 bits per heavy atom. The number of hydrogen-bond acceptors (Lipinski definition) is 0. The zero-order valence-corrected chi connectivity index (χ0v) is 7.63. The lowest BCUT2D eigenvalue weighted by molar-refractivity contribution is -0.171. The summed E-state index contributed by atoms with van der Waals surface area (Å²) in [4.78, 5) is 0. The van der Waals surface area contributed by atoms with Crippen LogP contribution < -0.4 is 0 Å². The van der Waals surface area contributed by atoms with E-state index in [0.29, 0.717) is 6.42 Å². The molecule has 0 saturated heterocycles. The van der Waals surface area contributed by atoms with Crippen LogP contribution in [-0.4, -0.2) is 6.18 Å². The van der Waals surface area contributed by atoms with Crippen LogP contribution in [0.3, 0.4) is 0 Å². The highest BCUT2D eigenvalue weighted by Gasteiger charge is 2.34. The molecule has 0 bridgehead atoms. The van der Waals surface area contributed by atoms with Gasteiger partial charge in [-0.2, -0.15) is 13.2 Å². The van der Waals surface area contributed by atoms with Crippen LogP contribution in [0.25, 0.3) is 0 Å². The van der Waals surface area contributed by atoms with Crippen molar-refractivity contribution in [1.82, 2.24) is 0 Å². The van der Waals surface area contributed by atoms with Gasteiger partial charge in [-0.1, -0.05) is 34.1 Å². The van der Waals surface area contributed by atoms with Crippen molar-refractivity contribution in [1.29, 1.82) is 0 Å². The van der Waals surface area contributed by atoms with Gasteiger partial charge < -0.3 is 0 Å². The average molecular weight is 170 g/mol. The third-order valence-corrected chi connectivity index (χ3v) is 1.28. The lowest BCUT2D eigenvalue weighted by Crippen LogP contribution is -2.19. The molecule has 0 saturated carbocycles. The number of alkyl halides is 3. The lowest BCUT2D eigenvalue weighted by Gasteiger charge is -2.13. The van der Waals surface area contributed by atoms with Crippen LogP contribution in [0, 0.1) is 5.92 Å². The van der Waals surface area contributed by atoms with Gasteiger partial charge in [0.15, 0.2) is 0 Å². The van der Waals surface area contributed by atoms with Crippen LogP contribution in [0.1, 0.15) is 40.5 Å². The Hall–Kier alpha value is -0.210. The highest BCUT2D eigenvalue weighted by atomic mass is 19.4. The summed E-state index contributed by atoms with van der Waals surface area (Å²) in [7, 11) is 0. The van der Waals surface area contributed by atoms with Crippen molar-refractivity contribution in [3.8, 4) is 0 Å². The van der Waals surface area contributed by atoms with Crippen molar-refractivity contribution in [2.45, 2.75) is 46.7 Å². The van der Waals surface area contributed by atoms with Crippen molar-refractivity contribution in [2.75, 3.05) is 0 Å². The molecule has 0 aliphatic heterocycles. The fourth-order valence-electron chi connectivity index (χ4n) is 0.597. The number of hydrogen-bond donors (Lipinski definition) is 0. The summed E-state index contributed by atoms with van der Waals surface area (Å²) in [6.45, 7) is 6.96. The predicted molar refractivity (Wildman–Crippen MR) is 41.5 cm³/mol. The smallest absolute Gasteiger partial charge is 0.171 e. The Morgan fingerprint density at radius 3 is 1.64 bits per heavy atom. The molecule has 1 unspecified atom stereocenters. The zero-order chi connectivity index (χ0) is 9.49. The van der Waals surface area contributed by atoms with E-state index in [-0.39, 0.29) is 6.42 Å². The number of rotatable bonds is 2. The topological polar surface area (TPSA) is 0 Å². The van der Waals surface area contributed by atoms with Crippen LogP contribution in [0.2, 0.25) is 0 Å². The van der Waals surface area contributed by atoms with Crippen LogP contribution in [0.4, 0.5) is 13.2 Å². The Morgan fingerprint density at radius 1 is 1.18 bits per heavy atom. The second-order valence-electron chi connectivity index (χ2n) is 2.23. The summed E-state index contributed by atoms with van der Waals surface area (Å²) in [5.74, 6) is -1.14. The van der Waals surface area contributed by atoms with E-state index >= 15 is 0 Å². The van der Waals surface area contributed by atoms with Crippen LogP contribution in [0.15, 0.2) is 0 Å². The van der Waals surface area contributed by atoms with E-state index in [1.54, 1.807) is 6.92 Å². The van der Waals surface area contributed by atoms with Gasteiger partial charge in [0, 0.05) is 0 Å². The Balaban J connectivity index is 0. The van der Waals surface area contributed by atoms with Gasteiger partial charge in [0.1, 0.15) is 0 Å². The maximum Gasteiger partial charge on any atom is 0.391 e. The first-order valence-electron chi connectivity index (χ1n) is 4.05. The van der Waals surface area contributed by atoms with Crippen molar-refractivity contribution in [3.63, 3.8) is 0 Å². The van der Waals surface area contributed by atoms with Crippen molar-refractivity contribution < 1.29 is 13.2 Å². The van der Waals surface area contributed by atoms with Gasteiger partial charge in [0.25, 0.3) is 0 Å². The second-order valence-corrected chi connectivity index (χ2v) is 2.23. The zero-order valence-electron chi connectivity index (χ0n) is 7.63. The van der Waals surface area contributed by atoms with E-state index in [2.05, 4.69) is 0 Å². The fourth-order valence-corrected chi connectivity index (χ4v) is 0.597. The van der Waals surface area contributed by atoms with Gasteiger partial charge in [-0.05, 0) is 6.42 Å². The first-order valence-corrected chi connectivity index (χ1v) is 4.05. The quantitative estimate of drug-likeness (QED) is 0.587. The van der Waals surface area contributed by atoms with Crippen molar-refractivity contribution in [3.05, 3.63) is 0 Å². The minimum atomic E-state index is -3.99. The van der Waals surface area contributed by atoms with E-state index in [9.17, 15) is 13.2 Å². The fraction of sp³-hybridized carbons (Fsp3) is 1.00. The summed E-state index contributed by atoms with van der Waals surface area (Å²) >= 11 is 0. The molecule has 0 spiro atoms. The van der Waals surface area contributed by atoms with Crippen LogP contribution in [0.5, 0.6) is 0 Å². The largest absolute Gasteiger partial charge is 0.391 e. The lowest BCUT2D eigenvalue weighted by atomic mass is 10.1. The molecule has 0 aromatic rings. The molecule has 0 aliphatic rings. The summed E-state index contributed by atoms with van der Waals surface area (Å²) in [5.41, 5.74) is 0. The van der Waals surface area contributed by atoms with Gasteiger partial charge in [-0.25, -0.2) is 0 Å². The molecule has 1 atom stereocenters. The molecule has 0 aromatic heterocycles. The molecule has 0 fully saturated rings. The SMILES string of the molecule is CC.CCCC(C)C(F)(F)F. The van der Waals surface area contributed by atoms with Gasteiger partial charge >= 0.3 is 6.18 Å². The molecule has 0 rings (SSSR count). The maximum atomic E-state index is 11.6. The summed E-state index contributed by atoms with van der Waals surface area (Å²) in [6.07, 6.45) is -3.15. The highest BCUT2D eigenvalue weighted by Crippen LogP contribution is 2.28. The standard InChI is InChI=1S/C6H11F3.C2H6/c1-3-4-5(2)6(7,8)9;1-2/h5H,3-4H2,1-2H3;1-2H3. The molecule has 0 amide bonds. The second kappa shape index (κ2) is 6.50. The molecule has 3 heteroatoms. The first-order chi connectivity index (χ1) is 4.98. The van der Waals surface area contributed by atoms with E-state index in [1.165, 1.54) is 6.92 Å². The minimum absolute atomic E-state index is 0.240. The van der Waals surface area contributed by atoms with Crippen LogP contribution >= 0.6 is 0 Å². The minimum Gasteiger partial charge on any atom is -0.171 e. The normalized spacial score (nSPS) is 13.4. The van der Waals surface area contributed by atoms with Crippen LogP contribution in [-0.2, 0) is 0 Å². The van der Waals surface area contributed by atoms with Crippen molar-refractivity contribution >= 4 is 0 Å². The molecule has 0 nitrogen and oxygen atoms in total. The third-order valence-electron chi connectivity index (χ3n) is 1.28. The Labute approximate surface area is 66.8 Å². The molecule has 0 aliphatic carbocycles. The van der Waals surface area contributed by atoms with E-state index in [1.807, 2.05) is 13.8 Å². The summed E-state index contributed by atoms with van der Waals surface area (Å²) < 4.78 is 34.9. The van der Waals surface area contributed by atoms with Gasteiger partial charge in [0.05, 0.1) is 5.92 Å². The van der Waals surface area contributed by atoms with Gasteiger partial charge in [-0.3, -0.25) is 0 Å². The highest BCUT2D eigenvalue weighted by molar-refractivity contribution is 4.60. The summed E-state index contributed by atoms with van der Waals surface area (Å²) in [5, 5.41) is 0. The third kappa shape index (κ3) is 7.69. The Bertz CT molecular complexity index is 75.9. The van der Waals surface area contributed by atoms with E-state index in [0.717, 1.165) is 0 Å². The monoisotopic (exact) mass is 170 g/mol. The van der Waals surface area contributed by atoms with Gasteiger partial charge in [-0.15, -0.1) is 0 Å². The summed E-state index contributed by atoms with van der Waals surface area (Å²) in [6, 6.07) is 0. The molecular weight excluding hydrogens is 153 g/mol. The van der Waals surface area contributed by atoms with Gasteiger partial charge in [0.2, 0.25) is 0 Å². The first kappa shape index (κ1) is 13.4. The molecule has 0 aromatic carbocycles. The predicted octanol–water partition coefficient (Wildman–Crippen LogP) is 4.01. The molecule has 11 heavy (non-hydrogen) atoms. The maximum absolute atomic E-state index is 11.6. The van der Waals surface area contributed by atoms with E-state index < -0.39 is 12.1 Å². The molecule has 0 N–H and O–H groups in total.